The first-order chi connectivity index (χ1) is 6.74. The Balaban J connectivity index is 1.92. The predicted molar refractivity (Wildman–Crippen MR) is 56.9 cm³/mol. The van der Waals surface area contributed by atoms with Gasteiger partial charge in [0, 0.05) is 12.7 Å². The van der Waals surface area contributed by atoms with Gasteiger partial charge in [-0.3, -0.25) is 0 Å². The molecule has 0 aliphatic heterocycles. The maximum absolute atomic E-state index is 5.55. The summed E-state index contributed by atoms with van der Waals surface area (Å²) in [6.45, 7) is 3.20. The van der Waals surface area contributed by atoms with Gasteiger partial charge in [-0.15, -0.1) is 0 Å². The molecule has 0 amide bonds. The van der Waals surface area contributed by atoms with Gasteiger partial charge in [-0.1, -0.05) is 6.92 Å². The summed E-state index contributed by atoms with van der Waals surface area (Å²) in [4.78, 5) is 8.20. The first-order valence-corrected chi connectivity index (χ1v) is 5.06. The zero-order valence-electron chi connectivity index (χ0n) is 8.45. The van der Waals surface area contributed by atoms with E-state index in [1.807, 2.05) is 0 Å². The average Bonchev–Trinajstić information content (AvgIpc) is 2.96. The lowest BCUT2D eigenvalue weighted by Gasteiger charge is -2.12. The lowest BCUT2D eigenvalue weighted by atomic mass is 10.0. The van der Waals surface area contributed by atoms with Crippen LogP contribution < -0.4 is 11.1 Å². The first kappa shape index (κ1) is 9.24. The van der Waals surface area contributed by atoms with Gasteiger partial charge in [0.2, 0.25) is 5.95 Å². The Labute approximate surface area is 83.9 Å². The van der Waals surface area contributed by atoms with Crippen LogP contribution in [-0.4, -0.2) is 16.5 Å². The van der Waals surface area contributed by atoms with E-state index in [0.29, 0.717) is 17.2 Å². The van der Waals surface area contributed by atoms with E-state index in [4.69, 9.17) is 5.73 Å². The Morgan fingerprint density at radius 2 is 2.36 bits per heavy atom. The highest BCUT2D eigenvalue weighted by atomic mass is 15.1. The molecule has 1 heterocycles. The van der Waals surface area contributed by atoms with Crippen molar-refractivity contribution in [1.82, 2.24) is 9.97 Å². The smallest absolute Gasteiger partial charge is 0.224 e. The third-order valence-corrected chi connectivity index (χ3v) is 3.01. The monoisotopic (exact) mass is 192 g/mol. The first-order valence-electron chi connectivity index (χ1n) is 5.06. The molecule has 1 aromatic rings. The molecule has 3 N–H and O–H groups in total. The molecule has 0 radical (unpaired) electrons. The van der Waals surface area contributed by atoms with Crippen molar-refractivity contribution < 1.29 is 0 Å². The number of nitrogens with one attached hydrogen (secondary N) is 1. The highest BCUT2D eigenvalue weighted by Crippen LogP contribution is 2.48. The molecule has 0 bridgehead atoms. The quantitative estimate of drug-likeness (QED) is 0.761. The fourth-order valence-electron chi connectivity index (χ4n) is 1.56. The van der Waals surface area contributed by atoms with Gasteiger partial charge in [0.15, 0.2) is 0 Å². The number of hydrogen-bond donors (Lipinski definition) is 2. The third-order valence-electron chi connectivity index (χ3n) is 3.01. The van der Waals surface area contributed by atoms with Crippen LogP contribution in [-0.2, 0) is 0 Å². The van der Waals surface area contributed by atoms with Crippen molar-refractivity contribution in [2.45, 2.75) is 26.2 Å². The van der Waals surface area contributed by atoms with E-state index >= 15 is 0 Å². The summed E-state index contributed by atoms with van der Waals surface area (Å²) < 4.78 is 0. The van der Waals surface area contributed by atoms with Gasteiger partial charge in [0.1, 0.15) is 5.82 Å². The molecule has 1 aliphatic carbocycles. The fraction of sp³-hybridized carbons (Fsp3) is 0.600. The zero-order chi connectivity index (χ0) is 10.0. The van der Waals surface area contributed by atoms with Crippen molar-refractivity contribution in [2.24, 2.45) is 5.41 Å². The lowest BCUT2D eigenvalue weighted by Crippen LogP contribution is -2.16. The molecular formula is C10H16N4. The van der Waals surface area contributed by atoms with Crippen molar-refractivity contribution >= 4 is 11.8 Å². The van der Waals surface area contributed by atoms with E-state index in [2.05, 4.69) is 22.2 Å². The molecule has 4 nitrogen and oxygen atoms in total. The van der Waals surface area contributed by atoms with Crippen LogP contribution in [0.1, 0.15) is 26.2 Å². The van der Waals surface area contributed by atoms with Crippen molar-refractivity contribution in [2.75, 3.05) is 17.6 Å². The molecule has 14 heavy (non-hydrogen) atoms. The lowest BCUT2D eigenvalue weighted by molar-refractivity contribution is 0.520. The number of nitrogens with zero attached hydrogens (tertiary/aromatic N) is 2. The summed E-state index contributed by atoms with van der Waals surface area (Å²) in [6.07, 6.45) is 5.54. The van der Waals surface area contributed by atoms with Crippen molar-refractivity contribution in [3.63, 3.8) is 0 Å². The number of aromatic nitrogens is 2. The molecule has 0 atom stereocenters. The summed E-state index contributed by atoms with van der Waals surface area (Å²) in [6, 6.07) is 1.69. The number of hydrogen-bond acceptors (Lipinski definition) is 4. The van der Waals surface area contributed by atoms with Gasteiger partial charge in [-0.25, -0.2) is 4.98 Å². The molecule has 1 fully saturated rings. The standard InChI is InChI=1S/C10H16N4/c1-2-10(4-5-10)7-13-9-12-6-3-8(11)14-9/h3,6H,2,4-5,7H2,1H3,(H3,11,12,13,14). The SMILES string of the molecule is CCC1(CNc2nccc(N)n2)CC1. The Morgan fingerprint density at radius 3 is 2.93 bits per heavy atom. The number of nitrogen functional groups attached to an aromatic ring is 1. The van der Waals surface area contributed by atoms with Crippen LogP contribution in [0.3, 0.4) is 0 Å². The maximum Gasteiger partial charge on any atom is 0.224 e. The van der Waals surface area contributed by atoms with Gasteiger partial charge in [-0.2, -0.15) is 4.98 Å². The van der Waals surface area contributed by atoms with E-state index in [0.717, 1.165) is 6.54 Å². The van der Waals surface area contributed by atoms with Crippen molar-refractivity contribution in [1.29, 1.82) is 0 Å². The molecular weight excluding hydrogens is 176 g/mol. The van der Waals surface area contributed by atoms with Gasteiger partial charge in [0.25, 0.3) is 0 Å². The van der Waals surface area contributed by atoms with Crippen LogP contribution in [0.25, 0.3) is 0 Å². The van der Waals surface area contributed by atoms with E-state index in [1.165, 1.54) is 19.3 Å². The summed E-state index contributed by atoms with van der Waals surface area (Å²) in [5, 5.41) is 3.24. The molecule has 1 aromatic heterocycles. The minimum absolute atomic E-state index is 0.508. The second-order valence-corrected chi connectivity index (χ2v) is 4.01. The van der Waals surface area contributed by atoms with Gasteiger partial charge < -0.3 is 11.1 Å². The van der Waals surface area contributed by atoms with Crippen molar-refractivity contribution in [3.8, 4) is 0 Å². The molecule has 0 unspecified atom stereocenters. The number of anilines is 2. The number of rotatable bonds is 4. The van der Waals surface area contributed by atoms with Crippen molar-refractivity contribution in [3.05, 3.63) is 12.3 Å². The molecule has 0 saturated heterocycles. The molecule has 1 saturated carbocycles. The largest absolute Gasteiger partial charge is 0.384 e. The summed E-state index contributed by atoms with van der Waals surface area (Å²) in [5.41, 5.74) is 6.06. The van der Waals surface area contributed by atoms with Crippen LogP contribution in [0.5, 0.6) is 0 Å². The second-order valence-electron chi connectivity index (χ2n) is 4.01. The average molecular weight is 192 g/mol. The second kappa shape index (κ2) is 3.44. The molecule has 76 valence electrons. The Morgan fingerprint density at radius 1 is 1.57 bits per heavy atom. The summed E-state index contributed by atoms with van der Waals surface area (Å²) in [5.74, 6) is 1.16. The van der Waals surface area contributed by atoms with Crippen LogP contribution in [0.2, 0.25) is 0 Å². The van der Waals surface area contributed by atoms with Crippen LogP contribution >= 0.6 is 0 Å². The van der Waals surface area contributed by atoms with E-state index in [9.17, 15) is 0 Å². The Kier molecular flexibility index (Phi) is 2.27. The highest BCUT2D eigenvalue weighted by molar-refractivity contribution is 5.35. The Bertz CT molecular complexity index is 320. The third kappa shape index (κ3) is 1.95. The van der Waals surface area contributed by atoms with E-state index in [-0.39, 0.29) is 0 Å². The van der Waals surface area contributed by atoms with Gasteiger partial charge in [-0.05, 0) is 30.7 Å². The maximum atomic E-state index is 5.55. The molecule has 1 aliphatic rings. The summed E-state index contributed by atoms with van der Waals surface area (Å²) in [7, 11) is 0. The number of nitrogens with two attached hydrogens (primary N) is 1. The van der Waals surface area contributed by atoms with Gasteiger partial charge >= 0.3 is 0 Å². The van der Waals surface area contributed by atoms with E-state index < -0.39 is 0 Å². The zero-order valence-corrected chi connectivity index (χ0v) is 8.45. The van der Waals surface area contributed by atoms with Gasteiger partial charge in [0.05, 0.1) is 0 Å². The predicted octanol–water partition coefficient (Wildman–Crippen LogP) is 1.66. The molecule has 4 heteroatoms. The highest BCUT2D eigenvalue weighted by Gasteiger charge is 2.40. The van der Waals surface area contributed by atoms with Crippen LogP contribution in [0.15, 0.2) is 12.3 Å². The summed E-state index contributed by atoms with van der Waals surface area (Å²) >= 11 is 0. The topological polar surface area (TPSA) is 63.8 Å². The fourth-order valence-corrected chi connectivity index (χ4v) is 1.56. The van der Waals surface area contributed by atoms with E-state index in [1.54, 1.807) is 12.3 Å². The Hall–Kier alpha value is -1.32. The molecule has 2 rings (SSSR count). The molecule has 0 spiro atoms. The minimum Gasteiger partial charge on any atom is -0.384 e. The normalized spacial score (nSPS) is 17.8. The molecule has 0 aromatic carbocycles. The van der Waals surface area contributed by atoms with Crippen LogP contribution in [0, 0.1) is 5.41 Å². The van der Waals surface area contributed by atoms with Crippen LogP contribution in [0.4, 0.5) is 11.8 Å². The minimum atomic E-state index is 0.508.